The van der Waals surface area contributed by atoms with Gasteiger partial charge in [0.2, 0.25) is 5.89 Å². The number of furan rings is 1. The lowest BCUT2D eigenvalue weighted by Gasteiger charge is -2.13. The van der Waals surface area contributed by atoms with E-state index in [0.717, 1.165) is 4.90 Å². The summed E-state index contributed by atoms with van der Waals surface area (Å²) in [5.74, 6) is 0.160. The van der Waals surface area contributed by atoms with E-state index in [9.17, 15) is 9.59 Å². The fraction of sp³-hybridized carbons (Fsp3) is 0.111. The molecule has 0 saturated heterocycles. The van der Waals surface area contributed by atoms with Crippen LogP contribution in [0.5, 0.6) is 0 Å². The van der Waals surface area contributed by atoms with Crippen LogP contribution in [0, 0.1) is 0 Å². The molecule has 0 atom stereocenters. The Kier molecular flexibility index (Phi) is 4.27. The van der Waals surface area contributed by atoms with Crippen molar-refractivity contribution >= 4 is 17.5 Å². The average Bonchev–Trinajstić information content (AvgIpc) is 3.40. The Morgan fingerprint density at radius 2 is 1.85 bits per heavy atom. The highest BCUT2D eigenvalue weighted by atomic mass is 16.4. The summed E-state index contributed by atoms with van der Waals surface area (Å²) in [4.78, 5) is 24.9. The van der Waals surface area contributed by atoms with Crippen LogP contribution in [0.4, 0.5) is 5.69 Å². The van der Waals surface area contributed by atoms with Crippen LogP contribution in [-0.2, 0) is 9.59 Å². The number of nitrogens with one attached hydrogen (secondary N) is 1. The fourth-order valence-electron chi connectivity index (χ4n) is 2.60. The van der Waals surface area contributed by atoms with E-state index in [1.165, 1.54) is 12.3 Å². The van der Waals surface area contributed by atoms with Gasteiger partial charge in [-0.15, -0.1) is 10.2 Å². The first-order valence-corrected chi connectivity index (χ1v) is 8.09. The van der Waals surface area contributed by atoms with Crippen molar-refractivity contribution in [3.8, 4) is 23.1 Å². The second-order valence-electron chi connectivity index (χ2n) is 5.67. The van der Waals surface area contributed by atoms with Gasteiger partial charge in [-0.1, -0.05) is 0 Å². The number of benzene rings is 1. The van der Waals surface area contributed by atoms with Crippen molar-refractivity contribution in [1.29, 1.82) is 0 Å². The molecule has 1 aromatic carbocycles. The molecule has 4 rings (SSSR count). The van der Waals surface area contributed by atoms with Gasteiger partial charge in [0, 0.05) is 17.3 Å². The molecule has 3 heterocycles. The Bertz CT molecular complexity index is 1000. The van der Waals surface area contributed by atoms with Gasteiger partial charge >= 0.3 is 0 Å². The number of hydrogen-bond acceptors (Lipinski definition) is 8. The Morgan fingerprint density at radius 3 is 2.56 bits per heavy atom. The number of carbonyl (C=O) groups excluding carboxylic acids is 2. The van der Waals surface area contributed by atoms with Gasteiger partial charge in [-0.3, -0.25) is 14.5 Å². The lowest BCUT2D eigenvalue weighted by molar-refractivity contribution is -0.137. The molecule has 0 saturated carbocycles. The molecule has 0 spiro atoms. The van der Waals surface area contributed by atoms with Crippen molar-refractivity contribution in [3.05, 3.63) is 54.4 Å². The van der Waals surface area contributed by atoms with E-state index in [1.807, 2.05) is 0 Å². The molecule has 0 unspecified atom stereocenters. The van der Waals surface area contributed by atoms with Gasteiger partial charge in [0.1, 0.15) is 5.70 Å². The third kappa shape index (κ3) is 3.23. The Balaban J connectivity index is 1.48. The van der Waals surface area contributed by atoms with E-state index in [4.69, 9.17) is 13.9 Å². The van der Waals surface area contributed by atoms with Crippen molar-refractivity contribution in [3.63, 3.8) is 0 Å². The van der Waals surface area contributed by atoms with Gasteiger partial charge in [-0.05, 0) is 36.4 Å². The number of aliphatic hydroxyl groups excluding tert-OH is 1. The third-order valence-corrected chi connectivity index (χ3v) is 3.90. The summed E-state index contributed by atoms with van der Waals surface area (Å²) in [6.45, 7) is -0.315. The van der Waals surface area contributed by atoms with Crippen LogP contribution in [0.3, 0.4) is 0 Å². The highest BCUT2D eigenvalue weighted by molar-refractivity contribution is 6.17. The number of hydrogen-bond donors (Lipinski definition) is 2. The molecule has 136 valence electrons. The molecule has 1 aliphatic rings. The molecule has 2 N–H and O–H groups in total. The zero-order chi connectivity index (χ0) is 18.8. The number of anilines is 1. The maximum absolute atomic E-state index is 12.1. The number of aromatic nitrogens is 2. The predicted molar refractivity (Wildman–Crippen MR) is 92.9 cm³/mol. The standard InChI is InChI=1S/C18H14N4O5/c23-8-7-22-15(24)10-13(18(22)25)19-12-5-3-11(4-6-12)16-20-21-17(27-16)14-2-1-9-26-14/h1-6,9-10,19,23H,7-8H2. The number of rotatable bonds is 6. The van der Waals surface area contributed by atoms with Gasteiger partial charge in [0.15, 0.2) is 5.76 Å². The number of β-amino-alcohol motifs (C(OH)–C–C–N with tert-alkyl or cyclic N) is 1. The summed E-state index contributed by atoms with van der Waals surface area (Å²) < 4.78 is 10.8. The topological polar surface area (TPSA) is 122 Å². The third-order valence-electron chi connectivity index (χ3n) is 3.90. The number of imide groups is 1. The predicted octanol–water partition coefficient (Wildman–Crippen LogP) is 1.65. The van der Waals surface area contributed by atoms with Crippen molar-refractivity contribution in [2.75, 3.05) is 18.5 Å². The van der Waals surface area contributed by atoms with E-state index in [0.29, 0.717) is 22.9 Å². The number of aliphatic hydroxyl groups is 1. The molecule has 27 heavy (non-hydrogen) atoms. The average molecular weight is 366 g/mol. The van der Waals surface area contributed by atoms with Gasteiger partial charge in [-0.25, -0.2) is 0 Å². The van der Waals surface area contributed by atoms with Crippen LogP contribution in [0.25, 0.3) is 23.1 Å². The largest absolute Gasteiger partial charge is 0.459 e. The molecule has 9 nitrogen and oxygen atoms in total. The smallest absolute Gasteiger partial charge is 0.283 e. The number of carbonyl (C=O) groups is 2. The maximum Gasteiger partial charge on any atom is 0.283 e. The lowest BCUT2D eigenvalue weighted by atomic mass is 10.2. The van der Waals surface area contributed by atoms with Gasteiger partial charge < -0.3 is 19.3 Å². The molecule has 9 heteroatoms. The van der Waals surface area contributed by atoms with Crippen molar-refractivity contribution in [1.82, 2.24) is 15.1 Å². The van der Waals surface area contributed by atoms with Crippen LogP contribution in [0.15, 0.2) is 63.3 Å². The van der Waals surface area contributed by atoms with E-state index >= 15 is 0 Å². The van der Waals surface area contributed by atoms with Crippen molar-refractivity contribution in [2.45, 2.75) is 0 Å². The Labute approximate surface area is 152 Å². The summed E-state index contributed by atoms with van der Waals surface area (Å²) in [6.07, 6.45) is 2.73. The first-order valence-electron chi connectivity index (χ1n) is 8.09. The molecule has 0 fully saturated rings. The number of amides is 2. The zero-order valence-corrected chi connectivity index (χ0v) is 14.0. The summed E-state index contributed by atoms with van der Waals surface area (Å²) in [5, 5.41) is 19.8. The minimum absolute atomic E-state index is 0.0343. The second kappa shape index (κ2) is 6.89. The molecule has 2 amide bonds. The normalized spacial score (nSPS) is 14.0. The minimum atomic E-state index is -0.474. The SMILES string of the molecule is O=C1C=C(Nc2ccc(-c3nnc(-c4ccco4)o3)cc2)C(=O)N1CCO. The molecule has 1 aliphatic heterocycles. The van der Waals surface area contributed by atoms with Crippen LogP contribution >= 0.6 is 0 Å². The monoisotopic (exact) mass is 366 g/mol. The Morgan fingerprint density at radius 1 is 1.07 bits per heavy atom. The molecule has 0 bridgehead atoms. The van der Waals surface area contributed by atoms with Gasteiger partial charge in [0.05, 0.1) is 19.4 Å². The van der Waals surface area contributed by atoms with Gasteiger partial charge in [-0.2, -0.15) is 0 Å². The van der Waals surface area contributed by atoms with E-state index in [-0.39, 0.29) is 24.7 Å². The van der Waals surface area contributed by atoms with Crippen LogP contribution in [0.1, 0.15) is 0 Å². The highest BCUT2D eigenvalue weighted by Crippen LogP contribution is 2.26. The maximum atomic E-state index is 12.1. The molecule has 0 aliphatic carbocycles. The number of nitrogens with zero attached hydrogens (tertiary/aromatic N) is 3. The summed E-state index contributed by atoms with van der Waals surface area (Å²) in [5.41, 5.74) is 1.46. The van der Waals surface area contributed by atoms with Crippen LogP contribution in [-0.4, -0.2) is 45.2 Å². The van der Waals surface area contributed by atoms with Crippen LogP contribution < -0.4 is 5.32 Å². The Hall–Kier alpha value is -3.72. The van der Waals surface area contributed by atoms with E-state index < -0.39 is 11.8 Å². The lowest BCUT2D eigenvalue weighted by Crippen LogP contribution is -2.34. The first kappa shape index (κ1) is 16.7. The summed E-state index contributed by atoms with van der Waals surface area (Å²) in [7, 11) is 0. The zero-order valence-electron chi connectivity index (χ0n) is 14.0. The fourth-order valence-corrected chi connectivity index (χ4v) is 2.60. The van der Waals surface area contributed by atoms with E-state index in [2.05, 4.69) is 15.5 Å². The molecular formula is C18H14N4O5. The minimum Gasteiger partial charge on any atom is -0.459 e. The molecular weight excluding hydrogens is 352 g/mol. The van der Waals surface area contributed by atoms with Crippen LogP contribution in [0.2, 0.25) is 0 Å². The molecule has 3 aromatic rings. The van der Waals surface area contributed by atoms with Gasteiger partial charge in [0.25, 0.3) is 17.7 Å². The first-order chi connectivity index (χ1) is 13.2. The van der Waals surface area contributed by atoms with E-state index in [1.54, 1.807) is 36.4 Å². The molecule has 2 aromatic heterocycles. The van der Waals surface area contributed by atoms with Crippen molar-refractivity contribution < 1.29 is 23.5 Å². The molecule has 0 radical (unpaired) electrons. The summed E-state index contributed by atoms with van der Waals surface area (Å²) in [6, 6.07) is 10.4. The highest BCUT2D eigenvalue weighted by Gasteiger charge is 2.30. The second-order valence-corrected chi connectivity index (χ2v) is 5.67. The summed E-state index contributed by atoms with van der Waals surface area (Å²) >= 11 is 0. The quantitative estimate of drug-likeness (QED) is 0.632. The van der Waals surface area contributed by atoms with Crippen molar-refractivity contribution in [2.24, 2.45) is 0 Å².